The van der Waals surface area contributed by atoms with Gasteiger partial charge >= 0.3 is 0 Å². The highest BCUT2D eigenvalue weighted by molar-refractivity contribution is 5.90. The van der Waals surface area contributed by atoms with Gasteiger partial charge < -0.3 is 15.0 Å². The normalized spacial score (nSPS) is 23.8. The van der Waals surface area contributed by atoms with Crippen LogP contribution in [0.1, 0.15) is 99.1 Å². The molecule has 2 heterocycles. The highest BCUT2D eigenvalue weighted by Gasteiger charge is 2.39. The van der Waals surface area contributed by atoms with E-state index in [0.29, 0.717) is 5.92 Å². The lowest BCUT2D eigenvalue weighted by Gasteiger charge is -2.36. The highest BCUT2D eigenvalue weighted by Crippen LogP contribution is 2.40. The number of nitrogens with zero attached hydrogens (tertiary/aromatic N) is 2. The van der Waals surface area contributed by atoms with Crippen molar-refractivity contribution in [1.29, 1.82) is 0 Å². The lowest BCUT2D eigenvalue weighted by atomic mass is 9.80. The molecule has 37 heavy (non-hydrogen) atoms. The van der Waals surface area contributed by atoms with Gasteiger partial charge in [0.2, 0.25) is 11.8 Å². The Hall–Kier alpha value is -2.73. The Balaban J connectivity index is 1.41. The number of hydrogen-bond acceptors (Lipinski definition) is 4. The number of hydrogen-bond donors (Lipinski definition) is 1. The van der Waals surface area contributed by atoms with Gasteiger partial charge in [0.25, 0.3) is 0 Å². The molecule has 0 bridgehead atoms. The van der Waals surface area contributed by atoms with Crippen LogP contribution in [-0.4, -0.2) is 47.5 Å². The number of carbonyl (C=O) groups is 2. The van der Waals surface area contributed by atoms with Gasteiger partial charge in [-0.05, 0) is 80.5 Å². The van der Waals surface area contributed by atoms with Crippen LogP contribution < -0.4 is 5.32 Å². The third-order valence-electron chi connectivity index (χ3n) is 8.84. The number of carbonyl (C=O) groups excluding carboxylic acids is 2. The SMILES string of the molecule is COC(C)C(=O)NC(C(=O)N1CCCC1c1cnc2c(c1)C(c1ccccc1)CCC2)C1CCCCC1. The predicted molar refractivity (Wildman–Crippen MR) is 144 cm³/mol. The summed E-state index contributed by atoms with van der Waals surface area (Å²) in [6, 6.07) is 12.6. The Bertz CT molecular complexity index is 1080. The van der Waals surface area contributed by atoms with Crippen molar-refractivity contribution in [2.75, 3.05) is 13.7 Å². The molecule has 4 unspecified atom stereocenters. The van der Waals surface area contributed by atoms with Crippen LogP contribution >= 0.6 is 0 Å². The molecule has 1 saturated heterocycles. The summed E-state index contributed by atoms with van der Waals surface area (Å²) in [6.07, 6.45) is 12.0. The van der Waals surface area contributed by atoms with E-state index in [0.717, 1.165) is 69.9 Å². The summed E-state index contributed by atoms with van der Waals surface area (Å²) < 4.78 is 5.25. The van der Waals surface area contributed by atoms with Crippen molar-refractivity contribution in [2.45, 2.75) is 95.2 Å². The molecule has 6 nitrogen and oxygen atoms in total. The molecule has 0 spiro atoms. The van der Waals surface area contributed by atoms with Gasteiger partial charge in [-0.3, -0.25) is 14.6 Å². The van der Waals surface area contributed by atoms with Gasteiger partial charge in [0.1, 0.15) is 12.1 Å². The van der Waals surface area contributed by atoms with E-state index < -0.39 is 12.1 Å². The lowest BCUT2D eigenvalue weighted by Crippen LogP contribution is -2.54. The van der Waals surface area contributed by atoms with Crippen LogP contribution in [-0.2, 0) is 20.7 Å². The van der Waals surface area contributed by atoms with E-state index in [4.69, 9.17) is 9.72 Å². The first-order valence-electron chi connectivity index (χ1n) is 14.2. The topological polar surface area (TPSA) is 71.5 Å². The first-order valence-corrected chi connectivity index (χ1v) is 14.2. The monoisotopic (exact) mass is 503 g/mol. The van der Waals surface area contributed by atoms with Gasteiger partial charge in [0.15, 0.2) is 0 Å². The number of pyridine rings is 1. The minimum absolute atomic E-state index is 0.00601. The van der Waals surface area contributed by atoms with E-state index in [1.807, 2.05) is 11.1 Å². The standard InChI is InChI=1S/C31H41N3O3/c1-21(37-2)30(35)33-29(23-13-7-4-8-14-23)31(36)34-18-10-17-28(34)24-19-26-25(22-11-5-3-6-12-22)15-9-16-27(26)32-20-24/h3,5-6,11-12,19-21,23,25,28-29H,4,7-10,13-18H2,1-2H3,(H,33,35). The lowest BCUT2D eigenvalue weighted by molar-refractivity contribution is -0.141. The minimum atomic E-state index is -0.576. The molecular weight excluding hydrogens is 462 g/mol. The summed E-state index contributed by atoms with van der Waals surface area (Å²) >= 11 is 0. The van der Waals surface area contributed by atoms with Crippen molar-refractivity contribution in [3.63, 3.8) is 0 Å². The summed E-state index contributed by atoms with van der Waals surface area (Å²) in [4.78, 5) is 33.9. The van der Waals surface area contributed by atoms with Crippen molar-refractivity contribution in [3.8, 4) is 0 Å². The zero-order chi connectivity index (χ0) is 25.8. The molecular formula is C31H41N3O3. The summed E-state index contributed by atoms with van der Waals surface area (Å²) in [7, 11) is 1.53. The van der Waals surface area contributed by atoms with E-state index >= 15 is 0 Å². The van der Waals surface area contributed by atoms with Crippen LogP contribution in [0.25, 0.3) is 0 Å². The first-order chi connectivity index (χ1) is 18.1. The Morgan fingerprint density at radius 3 is 2.54 bits per heavy atom. The number of benzene rings is 1. The number of likely N-dealkylation sites (tertiary alicyclic amines) is 1. The molecule has 2 amide bonds. The number of ether oxygens (including phenoxy) is 1. The van der Waals surface area contributed by atoms with Crippen LogP contribution in [0, 0.1) is 5.92 Å². The first kappa shape index (κ1) is 25.9. The van der Waals surface area contributed by atoms with E-state index in [2.05, 4.69) is 41.7 Å². The number of nitrogens with one attached hydrogen (secondary N) is 1. The molecule has 1 N–H and O–H groups in total. The summed E-state index contributed by atoms with van der Waals surface area (Å²) in [5.41, 5.74) is 4.99. The molecule has 2 aromatic rings. The van der Waals surface area contributed by atoms with E-state index in [-0.39, 0.29) is 23.8 Å². The fourth-order valence-corrected chi connectivity index (χ4v) is 6.66. The predicted octanol–water partition coefficient (Wildman–Crippen LogP) is 5.31. The van der Waals surface area contributed by atoms with E-state index in [9.17, 15) is 9.59 Å². The number of methoxy groups -OCH3 is 1. The zero-order valence-electron chi connectivity index (χ0n) is 22.3. The average Bonchev–Trinajstić information content (AvgIpc) is 3.45. The van der Waals surface area contributed by atoms with Crippen LogP contribution in [0.5, 0.6) is 0 Å². The second-order valence-corrected chi connectivity index (χ2v) is 11.1. The van der Waals surface area contributed by atoms with Crippen LogP contribution in [0.2, 0.25) is 0 Å². The van der Waals surface area contributed by atoms with Crippen molar-refractivity contribution >= 4 is 11.8 Å². The van der Waals surface area contributed by atoms with Crippen molar-refractivity contribution < 1.29 is 14.3 Å². The van der Waals surface area contributed by atoms with Crippen LogP contribution in [0.3, 0.4) is 0 Å². The smallest absolute Gasteiger partial charge is 0.249 e. The number of aryl methyl sites for hydroxylation is 1. The van der Waals surface area contributed by atoms with E-state index in [1.165, 1.54) is 30.4 Å². The molecule has 6 heteroatoms. The Morgan fingerprint density at radius 1 is 1.00 bits per heavy atom. The van der Waals surface area contributed by atoms with Gasteiger partial charge in [-0.1, -0.05) is 49.6 Å². The second-order valence-electron chi connectivity index (χ2n) is 11.1. The molecule has 198 valence electrons. The molecule has 1 aromatic heterocycles. The van der Waals surface area contributed by atoms with Crippen molar-refractivity contribution in [3.05, 3.63) is 65.0 Å². The van der Waals surface area contributed by atoms with Gasteiger partial charge in [-0.25, -0.2) is 0 Å². The fourth-order valence-electron chi connectivity index (χ4n) is 6.66. The molecule has 0 radical (unpaired) electrons. The van der Waals surface area contributed by atoms with Crippen molar-refractivity contribution in [2.24, 2.45) is 5.92 Å². The molecule has 1 aliphatic heterocycles. The van der Waals surface area contributed by atoms with Crippen LogP contribution in [0.15, 0.2) is 42.6 Å². The Labute approximate surface area is 221 Å². The Kier molecular flexibility index (Phi) is 8.23. The molecule has 5 rings (SSSR count). The van der Waals surface area contributed by atoms with Gasteiger partial charge in [0, 0.05) is 31.5 Å². The Morgan fingerprint density at radius 2 is 1.78 bits per heavy atom. The van der Waals surface area contributed by atoms with Gasteiger partial charge in [0.05, 0.1) is 6.04 Å². The van der Waals surface area contributed by atoms with Crippen LogP contribution in [0.4, 0.5) is 0 Å². The number of fused-ring (bicyclic) bond motifs is 1. The number of aromatic nitrogens is 1. The third-order valence-corrected chi connectivity index (χ3v) is 8.84. The average molecular weight is 504 g/mol. The van der Waals surface area contributed by atoms with Gasteiger partial charge in [-0.15, -0.1) is 0 Å². The minimum Gasteiger partial charge on any atom is -0.372 e. The summed E-state index contributed by atoms with van der Waals surface area (Å²) in [5, 5.41) is 3.09. The molecule has 1 saturated carbocycles. The molecule has 1 aromatic carbocycles. The largest absolute Gasteiger partial charge is 0.372 e. The maximum atomic E-state index is 14.1. The van der Waals surface area contributed by atoms with E-state index in [1.54, 1.807) is 6.92 Å². The number of rotatable bonds is 7. The third kappa shape index (κ3) is 5.59. The molecule has 2 fully saturated rings. The van der Waals surface area contributed by atoms with Gasteiger partial charge in [-0.2, -0.15) is 0 Å². The molecule has 3 aliphatic rings. The maximum Gasteiger partial charge on any atom is 0.249 e. The fraction of sp³-hybridized carbons (Fsp3) is 0.581. The quantitative estimate of drug-likeness (QED) is 0.556. The summed E-state index contributed by atoms with van der Waals surface area (Å²) in [5.74, 6) is 0.388. The highest BCUT2D eigenvalue weighted by atomic mass is 16.5. The maximum absolute atomic E-state index is 14.1. The molecule has 2 aliphatic carbocycles. The summed E-state index contributed by atoms with van der Waals surface area (Å²) in [6.45, 7) is 2.46. The second kappa shape index (κ2) is 11.8. The molecule has 4 atom stereocenters. The number of amides is 2. The zero-order valence-corrected chi connectivity index (χ0v) is 22.3. The van der Waals surface area contributed by atoms with Crippen molar-refractivity contribution in [1.82, 2.24) is 15.2 Å².